The lowest BCUT2D eigenvalue weighted by Gasteiger charge is -2.22. The van der Waals surface area contributed by atoms with Crippen molar-refractivity contribution < 1.29 is 9.90 Å². The molecule has 0 unspecified atom stereocenters. The highest BCUT2D eigenvalue weighted by Gasteiger charge is 2.31. The van der Waals surface area contributed by atoms with E-state index in [9.17, 15) is 9.90 Å². The minimum atomic E-state index is 0.119. The van der Waals surface area contributed by atoms with Gasteiger partial charge in [0.1, 0.15) is 5.75 Å². The highest BCUT2D eigenvalue weighted by molar-refractivity contribution is 5.94. The minimum absolute atomic E-state index is 0.119. The predicted molar refractivity (Wildman–Crippen MR) is 69.5 cm³/mol. The maximum Gasteiger partial charge on any atom is 0.253 e. The number of benzene rings is 1. The van der Waals surface area contributed by atoms with Gasteiger partial charge in [-0.1, -0.05) is 0 Å². The van der Waals surface area contributed by atoms with E-state index in [4.69, 9.17) is 0 Å². The van der Waals surface area contributed by atoms with E-state index in [-0.39, 0.29) is 11.7 Å². The number of hydrogen-bond donors (Lipinski definition) is 1. The number of carbonyl (C=O) groups is 1. The first-order valence-corrected chi connectivity index (χ1v) is 6.80. The van der Waals surface area contributed by atoms with Gasteiger partial charge < -0.3 is 10.0 Å². The molecule has 2 saturated carbocycles. The van der Waals surface area contributed by atoms with E-state index in [2.05, 4.69) is 0 Å². The van der Waals surface area contributed by atoms with Gasteiger partial charge in [-0.05, 0) is 61.8 Å². The van der Waals surface area contributed by atoms with Crippen LogP contribution in [0.5, 0.6) is 5.75 Å². The van der Waals surface area contributed by atoms with Crippen molar-refractivity contribution in [2.24, 2.45) is 11.8 Å². The van der Waals surface area contributed by atoms with Crippen LogP contribution in [0.2, 0.25) is 0 Å². The molecule has 1 amide bonds. The monoisotopic (exact) mass is 245 g/mol. The van der Waals surface area contributed by atoms with Crippen LogP contribution >= 0.6 is 0 Å². The number of amides is 1. The summed E-state index contributed by atoms with van der Waals surface area (Å²) in [4.78, 5) is 14.4. The van der Waals surface area contributed by atoms with Gasteiger partial charge in [0.15, 0.2) is 0 Å². The molecule has 1 N–H and O–H groups in total. The molecule has 3 heteroatoms. The van der Waals surface area contributed by atoms with Crippen LogP contribution in [-0.4, -0.2) is 29.0 Å². The zero-order valence-corrected chi connectivity index (χ0v) is 10.5. The van der Waals surface area contributed by atoms with E-state index in [1.807, 2.05) is 4.90 Å². The predicted octanol–water partition coefficient (Wildman–Crippen LogP) is 2.65. The highest BCUT2D eigenvalue weighted by atomic mass is 16.3. The fourth-order valence-electron chi connectivity index (χ4n) is 2.25. The summed E-state index contributed by atoms with van der Waals surface area (Å²) in [5.74, 6) is 1.78. The van der Waals surface area contributed by atoms with Crippen molar-refractivity contribution in [1.29, 1.82) is 0 Å². The second kappa shape index (κ2) is 4.63. The number of carbonyl (C=O) groups excluding carboxylic acids is 1. The molecule has 0 spiro atoms. The SMILES string of the molecule is O=C(c1ccc(O)cc1)N(CC1CC1)CC1CC1. The molecule has 0 saturated heterocycles. The first-order valence-electron chi connectivity index (χ1n) is 6.80. The third kappa shape index (κ3) is 2.84. The summed E-state index contributed by atoms with van der Waals surface area (Å²) < 4.78 is 0. The molecule has 3 rings (SSSR count). The summed E-state index contributed by atoms with van der Waals surface area (Å²) in [5.41, 5.74) is 0.689. The molecule has 2 aliphatic carbocycles. The Morgan fingerprint density at radius 1 is 1.06 bits per heavy atom. The minimum Gasteiger partial charge on any atom is -0.508 e. The molecular weight excluding hydrogens is 226 g/mol. The van der Waals surface area contributed by atoms with Crippen molar-refractivity contribution in [3.05, 3.63) is 29.8 Å². The van der Waals surface area contributed by atoms with E-state index in [0.717, 1.165) is 24.9 Å². The van der Waals surface area contributed by atoms with Crippen LogP contribution in [0.3, 0.4) is 0 Å². The molecule has 0 heterocycles. The standard InChI is InChI=1S/C15H19NO2/c17-14-7-5-13(6-8-14)15(18)16(9-11-1-2-11)10-12-3-4-12/h5-8,11-12,17H,1-4,9-10H2. The fraction of sp³-hybridized carbons (Fsp3) is 0.533. The zero-order chi connectivity index (χ0) is 12.5. The quantitative estimate of drug-likeness (QED) is 0.866. The van der Waals surface area contributed by atoms with E-state index < -0.39 is 0 Å². The van der Waals surface area contributed by atoms with Gasteiger partial charge in [0.05, 0.1) is 0 Å². The van der Waals surface area contributed by atoms with Gasteiger partial charge in [-0.15, -0.1) is 0 Å². The summed E-state index contributed by atoms with van der Waals surface area (Å²) in [7, 11) is 0. The van der Waals surface area contributed by atoms with Gasteiger partial charge in [-0.25, -0.2) is 0 Å². The maximum absolute atomic E-state index is 12.4. The Hall–Kier alpha value is -1.51. The smallest absolute Gasteiger partial charge is 0.253 e. The van der Waals surface area contributed by atoms with Crippen molar-refractivity contribution in [3.63, 3.8) is 0 Å². The van der Waals surface area contributed by atoms with E-state index >= 15 is 0 Å². The topological polar surface area (TPSA) is 40.5 Å². The van der Waals surface area contributed by atoms with E-state index in [1.165, 1.54) is 25.7 Å². The molecule has 96 valence electrons. The summed E-state index contributed by atoms with van der Waals surface area (Å²) in [5, 5.41) is 9.26. The molecule has 0 aromatic heterocycles. The lowest BCUT2D eigenvalue weighted by molar-refractivity contribution is 0.0739. The summed E-state index contributed by atoms with van der Waals surface area (Å²) in [6, 6.07) is 6.59. The van der Waals surface area contributed by atoms with Crippen LogP contribution in [0.4, 0.5) is 0 Å². The number of hydrogen-bond acceptors (Lipinski definition) is 2. The van der Waals surface area contributed by atoms with Gasteiger partial charge in [-0.2, -0.15) is 0 Å². The van der Waals surface area contributed by atoms with Gasteiger partial charge in [0.2, 0.25) is 0 Å². The lowest BCUT2D eigenvalue weighted by Crippen LogP contribution is -2.34. The molecule has 2 aliphatic rings. The molecule has 3 nitrogen and oxygen atoms in total. The largest absolute Gasteiger partial charge is 0.508 e. The summed E-state index contributed by atoms with van der Waals surface area (Å²) >= 11 is 0. The molecule has 1 aromatic rings. The van der Waals surface area contributed by atoms with Crippen LogP contribution in [0, 0.1) is 11.8 Å². The van der Waals surface area contributed by atoms with Gasteiger partial charge in [-0.3, -0.25) is 4.79 Å². The molecule has 0 bridgehead atoms. The second-order valence-corrected chi connectivity index (χ2v) is 5.64. The number of nitrogens with zero attached hydrogens (tertiary/aromatic N) is 1. The van der Waals surface area contributed by atoms with Crippen LogP contribution < -0.4 is 0 Å². The summed E-state index contributed by atoms with van der Waals surface area (Å²) in [6.07, 6.45) is 5.07. The highest BCUT2D eigenvalue weighted by Crippen LogP contribution is 2.34. The Kier molecular flexibility index (Phi) is 2.98. The average Bonchev–Trinajstić information content (AvgIpc) is 3.23. The second-order valence-electron chi connectivity index (χ2n) is 5.64. The number of aromatic hydroxyl groups is 1. The van der Waals surface area contributed by atoms with Crippen molar-refractivity contribution in [2.75, 3.05) is 13.1 Å². The van der Waals surface area contributed by atoms with E-state index in [1.54, 1.807) is 24.3 Å². The normalized spacial score (nSPS) is 18.7. The molecule has 0 aliphatic heterocycles. The molecule has 2 fully saturated rings. The Morgan fingerprint density at radius 3 is 2.00 bits per heavy atom. The molecule has 0 radical (unpaired) electrons. The van der Waals surface area contributed by atoms with Gasteiger partial charge in [0, 0.05) is 18.7 Å². The Balaban J connectivity index is 1.70. The van der Waals surface area contributed by atoms with Crippen LogP contribution in [0.25, 0.3) is 0 Å². The zero-order valence-electron chi connectivity index (χ0n) is 10.5. The molecule has 18 heavy (non-hydrogen) atoms. The van der Waals surface area contributed by atoms with Crippen molar-refractivity contribution in [3.8, 4) is 5.75 Å². The van der Waals surface area contributed by atoms with Crippen LogP contribution in [-0.2, 0) is 0 Å². The van der Waals surface area contributed by atoms with Crippen molar-refractivity contribution in [1.82, 2.24) is 4.90 Å². The third-order valence-electron chi connectivity index (χ3n) is 3.75. The number of phenols is 1. The number of phenolic OH excluding ortho intramolecular Hbond substituents is 1. The van der Waals surface area contributed by atoms with Crippen molar-refractivity contribution >= 4 is 5.91 Å². The Morgan fingerprint density at radius 2 is 1.56 bits per heavy atom. The molecular formula is C15H19NO2. The first kappa shape index (κ1) is 11.6. The van der Waals surface area contributed by atoms with Gasteiger partial charge in [0.25, 0.3) is 5.91 Å². The van der Waals surface area contributed by atoms with Crippen LogP contribution in [0.15, 0.2) is 24.3 Å². The summed E-state index contributed by atoms with van der Waals surface area (Å²) in [6.45, 7) is 1.83. The molecule has 0 atom stereocenters. The Labute approximate surface area is 107 Å². The molecule has 1 aromatic carbocycles. The van der Waals surface area contributed by atoms with E-state index in [0.29, 0.717) is 5.56 Å². The Bertz CT molecular complexity index is 418. The van der Waals surface area contributed by atoms with Crippen LogP contribution in [0.1, 0.15) is 36.0 Å². The maximum atomic E-state index is 12.4. The van der Waals surface area contributed by atoms with Crippen molar-refractivity contribution in [2.45, 2.75) is 25.7 Å². The van der Waals surface area contributed by atoms with Gasteiger partial charge >= 0.3 is 0 Å². The average molecular weight is 245 g/mol. The third-order valence-corrected chi connectivity index (χ3v) is 3.75. The fourth-order valence-corrected chi connectivity index (χ4v) is 2.25. The lowest BCUT2D eigenvalue weighted by atomic mass is 10.1. The number of rotatable bonds is 5. The first-order chi connectivity index (χ1) is 8.72.